The number of anilines is 1. The molecular weight excluding hydrogens is 509 g/mol. The van der Waals surface area contributed by atoms with Gasteiger partial charge in [0.1, 0.15) is 11.2 Å². The highest BCUT2D eigenvalue weighted by Crippen LogP contribution is 2.57. The van der Waals surface area contributed by atoms with Crippen molar-refractivity contribution in [3.8, 4) is 0 Å². The molecule has 2 aromatic rings. The maximum Gasteiger partial charge on any atom is 0.239 e. The van der Waals surface area contributed by atoms with E-state index in [0.717, 1.165) is 5.56 Å². The lowest BCUT2D eigenvalue weighted by atomic mass is 9.62. The van der Waals surface area contributed by atoms with Crippen molar-refractivity contribution in [3.63, 3.8) is 0 Å². The minimum Gasteiger partial charge on any atom is -0.347 e. The maximum absolute atomic E-state index is 15.6. The topological polar surface area (TPSA) is 61.4 Å². The van der Waals surface area contributed by atoms with Crippen molar-refractivity contribution < 1.29 is 14.0 Å². The Hall–Kier alpha value is -1.96. The van der Waals surface area contributed by atoms with Crippen LogP contribution < -0.4 is 10.6 Å². The Labute approximate surface area is 207 Å². The van der Waals surface area contributed by atoms with E-state index in [9.17, 15) is 9.59 Å². The van der Waals surface area contributed by atoms with E-state index in [4.69, 9.17) is 11.6 Å². The van der Waals surface area contributed by atoms with Gasteiger partial charge in [0.05, 0.1) is 10.5 Å². The van der Waals surface area contributed by atoms with Crippen molar-refractivity contribution >= 4 is 45.0 Å². The number of benzene rings is 2. The Bertz CT molecular complexity index is 1130. The quantitative estimate of drug-likeness (QED) is 0.575. The van der Waals surface area contributed by atoms with Crippen LogP contribution in [0.15, 0.2) is 40.9 Å². The van der Waals surface area contributed by atoms with Gasteiger partial charge < -0.3 is 15.5 Å². The van der Waals surface area contributed by atoms with E-state index in [1.54, 1.807) is 44.4 Å². The van der Waals surface area contributed by atoms with Gasteiger partial charge in [0.15, 0.2) is 0 Å². The van der Waals surface area contributed by atoms with Gasteiger partial charge in [0, 0.05) is 36.8 Å². The zero-order valence-electron chi connectivity index (χ0n) is 19.3. The average Bonchev–Trinajstić information content (AvgIpc) is 3.18. The number of fused-ring (bicyclic) bond motifs is 2. The number of hydrogen-bond acceptors (Lipinski definition) is 3. The van der Waals surface area contributed by atoms with Crippen LogP contribution in [-0.4, -0.2) is 42.9 Å². The number of carbonyl (C=O) groups is 2. The molecule has 0 saturated carbocycles. The molecule has 1 fully saturated rings. The molecule has 4 atom stereocenters. The Kier molecular flexibility index (Phi) is 6.13. The molecule has 4 rings (SSSR count). The molecule has 2 heterocycles. The minimum atomic E-state index is -1.19. The van der Waals surface area contributed by atoms with Crippen LogP contribution in [0.5, 0.6) is 0 Å². The molecule has 0 unspecified atom stereocenters. The molecule has 2 amide bonds. The summed E-state index contributed by atoms with van der Waals surface area (Å²) in [5.41, 5.74) is 0.317. The zero-order chi connectivity index (χ0) is 24.3. The summed E-state index contributed by atoms with van der Waals surface area (Å²) in [6.45, 7) is 6.27. The Morgan fingerprint density at radius 3 is 2.58 bits per heavy atom. The molecule has 0 bridgehead atoms. The predicted octanol–water partition coefficient (Wildman–Crippen LogP) is 5.08. The summed E-state index contributed by atoms with van der Waals surface area (Å²) in [4.78, 5) is 28.8. The first-order chi connectivity index (χ1) is 15.4. The SMILES string of the molecule is CN(C)C(=O)[C@@H]1N[C@H](CC(C)(C)C)[C@]2(C(=O)Nc3cc(Cl)ccc32)[C@H]1c1cccc(Br)c1F. The van der Waals surface area contributed by atoms with Gasteiger partial charge in [0.2, 0.25) is 11.8 Å². The maximum atomic E-state index is 15.6. The molecule has 0 aromatic heterocycles. The summed E-state index contributed by atoms with van der Waals surface area (Å²) in [7, 11) is 3.34. The molecule has 2 aliphatic heterocycles. The normalized spacial score (nSPS) is 26.4. The van der Waals surface area contributed by atoms with Crippen molar-refractivity contribution in [3.05, 3.63) is 62.8 Å². The fourth-order valence-electron chi connectivity index (χ4n) is 5.42. The third kappa shape index (κ3) is 3.88. The molecule has 2 N–H and O–H groups in total. The molecule has 33 heavy (non-hydrogen) atoms. The van der Waals surface area contributed by atoms with Gasteiger partial charge in [-0.25, -0.2) is 4.39 Å². The molecule has 8 heteroatoms. The zero-order valence-corrected chi connectivity index (χ0v) is 21.6. The van der Waals surface area contributed by atoms with E-state index in [-0.39, 0.29) is 17.2 Å². The van der Waals surface area contributed by atoms with E-state index in [1.165, 1.54) is 4.90 Å². The van der Waals surface area contributed by atoms with E-state index >= 15 is 4.39 Å². The average molecular weight is 537 g/mol. The highest BCUT2D eigenvalue weighted by Gasteiger charge is 2.66. The number of amides is 2. The van der Waals surface area contributed by atoms with Crippen LogP contribution >= 0.6 is 27.5 Å². The first-order valence-electron chi connectivity index (χ1n) is 10.9. The Morgan fingerprint density at radius 1 is 1.24 bits per heavy atom. The summed E-state index contributed by atoms with van der Waals surface area (Å²) in [5.74, 6) is -1.68. The number of likely N-dealkylation sites (N-methyl/N-ethyl adjacent to an activating group) is 1. The van der Waals surface area contributed by atoms with E-state index in [2.05, 4.69) is 47.3 Å². The first-order valence-corrected chi connectivity index (χ1v) is 12.1. The number of rotatable bonds is 3. The van der Waals surface area contributed by atoms with Crippen LogP contribution in [0.4, 0.5) is 10.1 Å². The first kappa shape index (κ1) is 24.2. The number of nitrogens with one attached hydrogen (secondary N) is 2. The third-order valence-electron chi connectivity index (χ3n) is 6.65. The van der Waals surface area contributed by atoms with Crippen molar-refractivity contribution in [2.45, 2.75) is 50.6 Å². The van der Waals surface area contributed by atoms with Crippen molar-refractivity contribution in [1.82, 2.24) is 10.2 Å². The van der Waals surface area contributed by atoms with Gasteiger partial charge >= 0.3 is 0 Å². The summed E-state index contributed by atoms with van der Waals surface area (Å²) in [6, 6.07) is 9.12. The van der Waals surface area contributed by atoms with Crippen LogP contribution in [0.1, 0.15) is 44.2 Å². The van der Waals surface area contributed by atoms with Crippen LogP contribution in [0.25, 0.3) is 0 Å². The summed E-state index contributed by atoms with van der Waals surface area (Å²) in [6.07, 6.45) is 0.603. The second-order valence-corrected chi connectivity index (χ2v) is 11.6. The second-order valence-electron chi connectivity index (χ2n) is 10.3. The third-order valence-corrected chi connectivity index (χ3v) is 7.49. The number of carbonyl (C=O) groups excluding carboxylic acids is 2. The highest BCUT2D eigenvalue weighted by atomic mass is 79.9. The lowest BCUT2D eigenvalue weighted by molar-refractivity contribution is -0.131. The lowest BCUT2D eigenvalue weighted by Crippen LogP contribution is -2.49. The molecule has 5 nitrogen and oxygen atoms in total. The molecule has 0 aliphatic carbocycles. The molecule has 2 aromatic carbocycles. The molecular formula is C25H28BrClFN3O2. The number of nitrogens with zero attached hydrogens (tertiary/aromatic N) is 1. The Morgan fingerprint density at radius 2 is 1.94 bits per heavy atom. The molecule has 1 saturated heterocycles. The Balaban J connectivity index is 2.05. The van der Waals surface area contributed by atoms with Crippen LogP contribution in [-0.2, 0) is 15.0 Å². The summed E-state index contributed by atoms with van der Waals surface area (Å²) < 4.78 is 15.9. The fourth-order valence-corrected chi connectivity index (χ4v) is 5.97. The largest absolute Gasteiger partial charge is 0.347 e. The lowest BCUT2D eigenvalue weighted by Gasteiger charge is -2.38. The molecule has 1 spiro atoms. The van der Waals surface area contributed by atoms with Crippen LogP contribution in [0.2, 0.25) is 5.02 Å². The van der Waals surface area contributed by atoms with Crippen molar-refractivity contribution in [1.29, 1.82) is 0 Å². The van der Waals surface area contributed by atoms with Crippen molar-refractivity contribution in [2.75, 3.05) is 19.4 Å². The van der Waals surface area contributed by atoms with Crippen LogP contribution in [0.3, 0.4) is 0 Å². The van der Waals surface area contributed by atoms with Gasteiger partial charge in [-0.05, 0) is 57.1 Å². The van der Waals surface area contributed by atoms with E-state index in [1.807, 2.05) is 6.07 Å². The van der Waals surface area contributed by atoms with Crippen molar-refractivity contribution in [2.24, 2.45) is 5.41 Å². The smallest absolute Gasteiger partial charge is 0.239 e. The highest BCUT2D eigenvalue weighted by molar-refractivity contribution is 9.10. The predicted molar refractivity (Wildman–Crippen MR) is 132 cm³/mol. The number of hydrogen-bond donors (Lipinski definition) is 2. The van der Waals surface area contributed by atoms with E-state index in [0.29, 0.717) is 27.2 Å². The minimum absolute atomic E-state index is 0.156. The summed E-state index contributed by atoms with van der Waals surface area (Å²) in [5, 5.41) is 6.96. The van der Waals surface area contributed by atoms with Gasteiger partial charge in [-0.3, -0.25) is 9.59 Å². The molecule has 0 radical (unpaired) electrons. The van der Waals surface area contributed by atoms with E-state index < -0.39 is 29.2 Å². The number of halogens is 3. The van der Waals surface area contributed by atoms with Gasteiger partial charge in [-0.2, -0.15) is 0 Å². The van der Waals surface area contributed by atoms with Gasteiger partial charge in [-0.15, -0.1) is 0 Å². The second kappa shape index (κ2) is 8.36. The standard InChI is InChI=1S/C25H28BrClFN3O2/c1-24(2,3)12-18-25(15-10-9-13(27)11-17(15)29-23(25)33)19(21(30-18)22(32)31(4)5)14-7-6-8-16(26)20(14)28/h6-11,18-19,21,30H,12H2,1-5H3,(H,29,33)/t18-,19+,21-,25+/m1/s1. The monoisotopic (exact) mass is 535 g/mol. The van der Waals surface area contributed by atoms with Gasteiger partial charge in [0.25, 0.3) is 0 Å². The fraction of sp³-hybridized carbons (Fsp3) is 0.440. The molecule has 176 valence electrons. The van der Waals surface area contributed by atoms with Crippen LogP contribution in [0, 0.1) is 11.2 Å². The molecule has 2 aliphatic rings. The van der Waals surface area contributed by atoms with Gasteiger partial charge in [-0.1, -0.05) is 50.6 Å². The summed E-state index contributed by atoms with van der Waals surface area (Å²) >= 11 is 9.52.